The summed E-state index contributed by atoms with van der Waals surface area (Å²) < 4.78 is 1.53. The average Bonchev–Trinajstić information content (AvgIpc) is 3.01. The number of nitrogens with zero attached hydrogens (tertiary/aromatic N) is 3. The monoisotopic (exact) mass is 380 g/mol. The normalized spacial score (nSPS) is 26.9. The third kappa shape index (κ3) is 2.77. The van der Waals surface area contributed by atoms with Crippen LogP contribution >= 0.6 is 0 Å². The van der Waals surface area contributed by atoms with Crippen LogP contribution in [0.25, 0.3) is 10.9 Å². The van der Waals surface area contributed by atoms with Crippen molar-refractivity contribution in [1.82, 2.24) is 15.0 Å². The van der Waals surface area contributed by atoms with E-state index in [-0.39, 0.29) is 28.7 Å². The first-order valence-corrected chi connectivity index (χ1v) is 10.0. The van der Waals surface area contributed by atoms with E-state index in [2.05, 4.69) is 36.3 Å². The number of hydrogen-bond acceptors (Lipinski definition) is 4. The summed E-state index contributed by atoms with van der Waals surface area (Å²) >= 11 is 0. The molecule has 2 bridgehead atoms. The second-order valence-corrected chi connectivity index (χ2v) is 9.00. The number of aryl methyl sites for hydroxylation is 1. The number of para-hydroxylation sites is 1. The maximum atomic E-state index is 12.5. The van der Waals surface area contributed by atoms with E-state index in [1.165, 1.54) is 11.0 Å². The number of carbonyl (C=O) groups excluding carboxylic acids is 1. The number of hydrazone groups is 1. The van der Waals surface area contributed by atoms with Crippen molar-refractivity contribution in [2.75, 3.05) is 0 Å². The molecule has 2 saturated carbocycles. The topological polar surface area (TPSA) is 76.3 Å². The lowest BCUT2D eigenvalue weighted by Gasteiger charge is -2.34. The van der Waals surface area contributed by atoms with Crippen molar-refractivity contribution in [3.8, 4) is 0 Å². The van der Waals surface area contributed by atoms with Gasteiger partial charge in [0.1, 0.15) is 5.82 Å². The number of fused-ring (bicyclic) bond motifs is 3. The van der Waals surface area contributed by atoms with Crippen LogP contribution in [0, 0.1) is 16.7 Å². The van der Waals surface area contributed by atoms with Crippen LogP contribution in [-0.4, -0.2) is 21.2 Å². The zero-order valence-corrected chi connectivity index (χ0v) is 17.1. The molecule has 6 nitrogen and oxygen atoms in total. The molecule has 1 aromatic carbocycles. The molecule has 28 heavy (non-hydrogen) atoms. The van der Waals surface area contributed by atoms with Gasteiger partial charge in [-0.1, -0.05) is 32.9 Å². The lowest BCUT2D eigenvalue weighted by molar-refractivity contribution is -0.121. The predicted octanol–water partition coefficient (Wildman–Crippen LogP) is 3.18. The molecule has 4 rings (SSSR count). The number of benzene rings is 1. The summed E-state index contributed by atoms with van der Waals surface area (Å²) in [6.45, 7) is 6.92. The molecule has 0 saturated heterocycles. The van der Waals surface area contributed by atoms with Crippen molar-refractivity contribution in [3.63, 3.8) is 0 Å². The third-order valence-electron chi connectivity index (χ3n) is 7.48. The smallest absolute Gasteiger partial charge is 0.261 e. The summed E-state index contributed by atoms with van der Waals surface area (Å²) in [4.78, 5) is 29.4. The largest absolute Gasteiger partial charge is 0.299 e. The fraction of sp³-hybridized carbons (Fsp3) is 0.545. The van der Waals surface area contributed by atoms with Crippen LogP contribution in [0.4, 0.5) is 0 Å². The maximum Gasteiger partial charge on any atom is 0.261 e. The summed E-state index contributed by atoms with van der Waals surface area (Å²) in [6.07, 6.45) is 4.02. The highest BCUT2D eigenvalue weighted by Gasteiger charge is 2.59. The van der Waals surface area contributed by atoms with Crippen molar-refractivity contribution in [1.29, 1.82) is 0 Å². The van der Waals surface area contributed by atoms with Crippen molar-refractivity contribution in [2.24, 2.45) is 28.9 Å². The second-order valence-electron chi connectivity index (χ2n) is 9.00. The third-order valence-corrected chi connectivity index (χ3v) is 7.48. The Morgan fingerprint density at radius 2 is 2.07 bits per heavy atom. The van der Waals surface area contributed by atoms with E-state index in [1.54, 1.807) is 13.1 Å². The van der Waals surface area contributed by atoms with Gasteiger partial charge in [0.2, 0.25) is 5.91 Å². The SMILES string of the molecule is Cn1c(CCC(=O)N/N=C2/C[C@H]3CC[C@@]2(C)C3(C)C)nc2ccccc2c1=O. The van der Waals surface area contributed by atoms with Crippen LogP contribution in [0.1, 0.15) is 52.3 Å². The Morgan fingerprint density at radius 3 is 2.75 bits per heavy atom. The molecule has 2 aliphatic carbocycles. The minimum absolute atomic E-state index is 0.0781. The van der Waals surface area contributed by atoms with Crippen molar-refractivity contribution < 1.29 is 4.79 Å². The zero-order valence-electron chi connectivity index (χ0n) is 17.1. The van der Waals surface area contributed by atoms with E-state index < -0.39 is 0 Å². The number of carbonyl (C=O) groups is 1. The standard InChI is InChI=1S/C22H28N4O2/c1-21(2)14-11-12-22(21,3)17(13-14)24-25-19(27)10-9-18-23-16-8-6-5-7-15(16)20(28)26(18)4/h5-8,14H,9-13H2,1-4H3,(H,25,27)/b24-17-/t14-,22-/m1/s1. The van der Waals surface area contributed by atoms with E-state index in [0.717, 1.165) is 18.6 Å². The highest BCUT2D eigenvalue weighted by atomic mass is 16.2. The zero-order chi connectivity index (χ0) is 20.1. The van der Waals surface area contributed by atoms with Gasteiger partial charge in [-0.05, 0) is 42.7 Å². The molecule has 2 aromatic rings. The molecule has 1 aromatic heterocycles. The number of hydrogen-bond donors (Lipinski definition) is 1. The molecule has 0 radical (unpaired) electrons. The van der Waals surface area contributed by atoms with E-state index in [0.29, 0.717) is 29.1 Å². The maximum absolute atomic E-state index is 12.5. The Labute approximate surface area is 165 Å². The first-order valence-electron chi connectivity index (χ1n) is 10.0. The van der Waals surface area contributed by atoms with Gasteiger partial charge < -0.3 is 0 Å². The minimum Gasteiger partial charge on any atom is -0.299 e. The van der Waals surface area contributed by atoms with Gasteiger partial charge in [0, 0.05) is 31.0 Å². The first kappa shape index (κ1) is 18.8. The number of amides is 1. The summed E-state index contributed by atoms with van der Waals surface area (Å²) in [5.74, 6) is 1.13. The van der Waals surface area contributed by atoms with Gasteiger partial charge in [-0.15, -0.1) is 0 Å². The molecule has 6 heteroatoms. The van der Waals surface area contributed by atoms with Crippen LogP contribution in [-0.2, 0) is 18.3 Å². The highest BCUT2D eigenvalue weighted by molar-refractivity contribution is 5.95. The first-order chi connectivity index (χ1) is 13.2. The molecule has 0 unspecified atom stereocenters. The van der Waals surface area contributed by atoms with Gasteiger partial charge in [0.25, 0.3) is 5.56 Å². The van der Waals surface area contributed by atoms with Crippen LogP contribution in [0.3, 0.4) is 0 Å². The molecule has 2 fully saturated rings. The Hall–Kier alpha value is -2.50. The summed E-state index contributed by atoms with van der Waals surface area (Å²) in [5, 5.41) is 5.10. The number of rotatable bonds is 4. The van der Waals surface area contributed by atoms with E-state index in [4.69, 9.17) is 0 Å². The molecular weight excluding hydrogens is 352 g/mol. The van der Waals surface area contributed by atoms with Crippen molar-refractivity contribution in [3.05, 3.63) is 40.4 Å². The summed E-state index contributed by atoms with van der Waals surface area (Å²) in [5.41, 5.74) is 4.77. The summed E-state index contributed by atoms with van der Waals surface area (Å²) in [6, 6.07) is 7.28. The number of aromatic nitrogens is 2. The second kappa shape index (κ2) is 6.54. The molecule has 1 heterocycles. The van der Waals surface area contributed by atoms with Gasteiger partial charge in [-0.25, -0.2) is 10.4 Å². The Kier molecular flexibility index (Phi) is 4.40. The van der Waals surface area contributed by atoms with Gasteiger partial charge in [-0.2, -0.15) is 5.10 Å². The average molecular weight is 380 g/mol. The Morgan fingerprint density at radius 1 is 1.32 bits per heavy atom. The van der Waals surface area contributed by atoms with Gasteiger partial charge >= 0.3 is 0 Å². The predicted molar refractivity (Wildman–Crippen MR) is 110 cm³/mol. The van der Waals surface area contributed by atoms with Crippen molar-refractivity contribution >= 4 is 22.5 Å². The van der Waals surface area contributed by atoms with Gasteiger partial charge in [0.05, 0.1) is 10.9 Å². The van der Waals surface area contributed by atoms with E-state index in [9.17, 15) is 9.59 Å². The number of nitrogens with one attached hydrogen (secondary N) is 1. The molecule has 1 N–H and O–H groups in total. The Balaban J connectivity index is 1.44. The Bertz CT molecular complexity index is 1040. The summed E-state index contributed by atoms with van der Waals surface area (Å²) in [7, 11) is 1.70. The molecule has 1 amide bonds. The fourth-order valence-electron chi connectivity index (χ4n) is 5.00. The molecule has 148 valence electrons. The van der Waals surface area contributed by atoms with Crippen LogP contribution in [0.5, 0.6) is 0 Å². The highest BCUT2D eigenvalue weighted by Crippen LogP contribution is 2.63. The molecule has 0 aliphatic heterocycles. The van der Waals surface area contributed by atoms with Crippen molar-refractivity contribution in [2.45, 2.75) is 52.9 Å². The van der Waals surface area contributed by atoms with Gasteiger partial charge in [-0.3, -0.25) is 14.2 Å². The fourth-order valence-corrected chi connectivity index (χ4v) is 5.00. The van der Waals surface area contributed by atoms with Crippen LogP contribution < -0.4 is 11.0 Å². The molecular formula is C22H28N4O2. The van der Waals surface area contributed by atoms with Crippen LogP contribution in [0.15, 0.2) is 34.2 Å². The minimum atomic E-state index is -0.140. The lowest BCUT2D eigenvalue weighted by Crippen LogP contribution is -2.34. The van der Waals surface area contributed by atoms with Gasteiger partial charge in [0.15, 0.2) is 0 Å². The molecule has 0 spiro atoms. The van der Waals surface area contributed by atoms with E-state index >= 15 is 0 Å². The van der Waals surface area contributed by atoms with Crippen LogP contribution in [0.2, 0.25) is 0 Å². The lowest BCUT2D eigenvalue weighted by atomic mass is 9.70. The molecule has 2 aliphatic rings. The molecule has 2 atom stereocenters. The quantitative estimate of drug-likeness (QED) is 0.828. The van der Waals surface area contributed by atoms with E-state index in [1.807, 2.05) is 18.2 Å².